The number of thiophene rings is 1. The second-order valence-electron chi connectivity index (χ2n) is 6.29. The molecule has 1 aromatic carbocycles. The third-order valence-corrected chi connectivity index (χ3v) is 7.33. The second kappa shape index (κ2) is 10.6. The first-order valence-corrected chi connectivity index (χ1v) is 11.9. The number of hydrogen-bond acceptors (Lipinski definition) is 7. The van der Waals surface area contributed by atoms with Crippen molar-refractivity contribution in [1.29, 1.82) is 0 Å². The molecule has 30 heavy (non-hydrogen) atoms. The molecular formula is C20H28N2O6S2. The average molecular weight is 457 g/mol. The minimum absolute atomic E-state index is 0.202. The Balaban J connectivity index is 2.21. The van der Waals surface area contributed by atoms with Crippen molar-refractivity contribution in [1.82, 2.24) is 9.62 Å². The molecule has 0 saturated carbocycles. The van der Waals surface area contributed by atoms with Gasteiger partial charge in [-0.05, 0) is 45.0 Å². The van der Waals surface area contributed by atoms with Gasteiger partial charge in [0, 0.05) is 24.5 Å². The van der Waals surface area contributed by atoms with E-state index in [4.69, 9.17) is 14.2 Å². The highest BCUT2D eigenvalue weighted by Crippen LogP contribution is 2.39. The van der Waals surface area contributed by atoms with E-state index in [9.17, 15) is 13.2 Å². The van der Waals surface area contributed by atoms with Gasteiger partial charge in [0.1, 0.15) is 4.21 Å². The Bertz CT molecular complexity index is 942. The summed E-state index contributed by atoms with van der Waals surface area (Å²) in [5.41, 5.74) is 0.364. The lowest BCUT2D eigenvalue weighted by Crippen LogP contribution is -2.22. The molecule has 2 rings (SSSR count). The number of sulfonamides is 1. The van der Waals surface area contributed by atoms with E-state index in [1.807, 2.05) is 20.8 Å². The molecule has 0 spiro atoms. The summed E-state index contributed by atoms with van der Waals surface area (Å²) in [5, 5.41) is 2.81. The monoisotopic (exact) mass is 456 g/mol. The zero-order valence-corrected chi connectivity index (χ0v) is 19.5. The molecule has 0 bridgehead atoms. The Hall–Kier alpha value is -2.30. The number of nitrogens with one attached hydrogen (secondary N) is 1. The van der Waals surface area contributed by atoms with Crippen LogP contribution in [0.3, 0.4) is 0 Å². The summed E-state index contributed by atoms with van der Waals surface area (Å²) in [6.45, 7) is 7.01. The highest BCUT2D eigenvalue weighted by atomic mass is 32.2. The molecule has 0 saturated heterocycles. The van der Waals surface area contributed by atoms with E-state index in [0.29, 0.717) is 42.6 Å². The van der Waals surface area contributed by atoms with Crippen molar-refractivity contribution in [3.8, 4) is 17.2 Å². The van der Waals surface area contributed by atoms with Crippen molar-refractivity contribution in [3.63, 3.8) is 0 Å². The molecule has 0 aliphatic rings. The molecule has 1 N–H and O–H groups in total. The molecule has 10 heteroatoms. The standard InChI is InChI=1S/C20H28N2O6S2/c1-6-26-16-11-14(12-17(27-7-2)19(16)28-8-3)20(23)21-13-15-9-10-18(29-15)30(24,25)22(4)5/h9-12H,6-8,13H2,1-5H3,(H,21,23). The summed E-state index contributed by atoms with van der Waals surface area (Å²) in [5.74, 6) is 1.01. The lowest BCUT2D eigenvalue weighted by molar-refractivity contribution is 0.0950. The van der Waals surface area contributed by atoms with Gasteiger partial charge < -0.3 is 19.5 Å². The largest absolute Gasteiger partial charge is 0.490 e. The van der Waals surface area contributed by atoms with E-state index >= 15 is 0 Å². The highest BCUT2D eigenvalue weighted by Gasteiger charge is 2.21. The lowest BCUT2D eigenvalue weighted by atomic mass is 10.1. The van der Waals surface area contributed by atoms with Crippen LogP contribution in [0.1, 0.15) is 36.0 Å². The van der Waals surface area contributed by atoms with Crippen LogP contribution in [0, 0.1) is 0 Å². The van der Waals surface area contributed by atoms with Crippen LogP contribution in [0.4, 0.5) is 0 Å². The van der Waals surface area contributed by atoms with Gasteiger partial charge >= 0.3 is 0 Å². The van der Waals surface area contributed by atoms with E-state index in [2.05, 4.69) is 5.32 Å². The maximum atomic E-state index is 12.7. The van der Waals surface area contributed by atoms with Crippen LogP contribution in [-0.2, 0) is 16.6 Å². The summed E-state index contributed by atoms with van der Waals surface area (Å²) in [6, 6.07) is 6.46. The third kappa shape index (κ3) is 5.65. The zero-order valence-electron chi connectivity index (χ0n) is 17.9. The van der Waals surface area contributed by atoms with Crippen molar-refractivity contribution in [2.24, 2.45) is 0 Å². The van der Waals surface area contributed by atoms with Crippen molar-refractivity contribution >= 4 is 27.3 Å². The summed E-state index contributed by atoms with van der Waals surface area (Å²) < 4.78 is 42.7. The predicted octanol–water partition coefficient (Wildman–Crippen LogP) is 3.12. The van der Waals surface area contributed by atoms with Gasteiger partial charge in [0.25, 0.3) is 15.9 Å². The van der Waals surface area contributed by atoms with Crippen LogP contribution >= 0.6 is 11.3 Å². The van der Waals surface area contributed by atoms with Crippen LogP contribution in [0.5, 0.6) is 17.2 Å². The molecule has 0 aliphatic carbocycles. The molecule has 0 atom stereocenters. The SMILES string of the molecule is CCOc1cc(C(=O)NCc2ccc(S(=O)(=O)N(C)C)s2)cc(OCC)c1OCC. The van der Waals surface area contributed by atoms with E-state index in [1.54, 1.807) is 24.3 Å². The number of amides is 1. The van der Waals surface area contributed by atoms with E-state index in [0.717, 1.165) is 20.5 Å². The minimum atomic E-state index is -3.49. The second-order valence-corrected chi connectivity index (χ2v) is 9.84. The van der Waals surface area contributed by atoms with Crippen LogP contribution in [0.2, 0.25) is 0 Å². The van der Waals surface area contributed by atoms with Crippen LogP contribution < -0.4 is 19.5 Å². The smallest absolute Gasteiger partial charge is 0.252 e. The van der Waals surface area contributed by atoms with Gasteiger partial charge in [-0.1, -0.05) is 0 Å². The first-order valence-electron chi connectivity index (χ1n) is 9.60. The summed E-state index contributed by atoms with van der Waals surface area (Å²) >= 11 is 1.12. The van der Waals surface area contributed by atoms with Crippen molar-refractivity contribution in [2.45, 2.75) is 31.5 Å². The number of rotatable bonds is 11. The normalized spacial score (nSPS) is 11.4. The van der Waals surface area contributed by atoms with Crippen LogP contribution in [0.25, 0.3) is 0 Å². The number of carbonyl (C=O) groups is 1. The van der Waals surface area contributed by atoms with Gasteiger partial charge in [0.05, 0.1) is 26.4 Å². The molecule has 166 valence electrons. The van der Waals surface area contributed by atoms with Gasteiger partial charge in [0.2, 0.25) is 5.75 Å². The number of nitrogens with zero attached hydrogens (tertiary/aromatic N) is 1. The van der Waals surface area contributed by atoms with E-state index in [1.165, 1.54) is 14.1 Å². The van der Waals surface area contributed by atoms with Crippen LogP contribution in [0.15, 0.2) is 28.5 Å². The Labute approximate surface area is 181 Å². The van der Waals surface area contributed by atoms with Gasteiger partial charge in [-0.25, -0.2) is 12.7 Å². The molecule has 8 nitrogen and oxygen atoms in total. The lowest BCUT2D eigenvalue weighted by Gasteiger charge is -2.17. The quantitative estimate of drug-likeness (QED) is 0.558. The third-order valence-electron chi connectivity index (χ3n) is 3.97. The molecule has 0 fully saturated rings. The first kappa shape index (κ1) is 24.0. The number of benzene rings is 1. The van der Waals surface area contributed by atoms with E-state index < -0.39 is 10.0 Å². The fraction of sp³-hybridized carbons (Fsp3) is 0.450. The molecule has 0 unspecified atom stereocenters. The first-order chi connectivity index (χ1) is 14.2. The summed E-state index contributed by atoms with van der Waals surface area (Å²) in [6.07, 6.45) is 0. The molecule has 2 aromatic rings. The minimum Gasteiger partial charge on any atom is -0.490 e. The highest BCUT2D eigenvalue weighted by molar-refractivity contribution is 7.91. The molecular weight excluding hydrogens is 428 g/mol. The van der Waals surface area contributed by atoms with Crippen molar-refractivity contribution < 1.29 is 27.4 Å². The number of hydrogen-bond donors (Lipinski definition) is 1. The average Bonchev–Trinajstić information content (AvgIpc) is 3.18. The van der Waals surface area contributed by atoms with E-state index in [-0.39, 0.29) is 16.7 Å². The van der Waals surface area contributed by atoms with Gasteiger partial charge in [0.15, 0.2) is 11.5 Å². The van der Waals surface area contributed by atoms with Crippen molar-refractivity contribution in [2.75, 3.05) is 33.9 Å². The van der Waals surface area contributed by atoms with Gasteiger partial charge in [-0.2, -0.15) is 0 Å². The predicted molar refractivity (Wildman–Crippen MR) is 116 cm³/mol. The Morgan fingerprint density at radius 2 is 1.57 bits per heavy atom. The molecule has 1 amide bonds. The van der Waals surface area contributed by atoms with Crippen molar-refractivity contribution in [3.05, 3.63) is 34.7 Å². The summed E-state index contributed by atoms with van der Waals surface area (Å²) in [7, 11) is -0.528. The Kier molecular flexibility index (Phi) is 8.51. The number of carbonyl (C=O) groups excluding carboxylic acids is 1. The number of ether oxygens (including phenoxy) is 3. The maximum absolute atomic E-state index is 12.7. The molecule has 0 radical (unpaired) electrons. The molecule has 1 heterocycles. The Morgan fingerprint density at radius 1 is 1.00 bits per heavy atom. The van der Waals surface area contributed by atoms with Crippen LogP contribution in [-0.4, -0.2) is 52.5 Å². The fourth-order valence-electron chi connectivity index (χ4n) is 2.56. The molecule has 0 aliphatic heterocycles. The zero-order chi connectivity index (χ0) is 22.3. The maximum Gasteiger partial charge on any atom is 0.252 e. The van der Waals surface area contributed by atoms with Gasteiger partial charge in [-0.15, -0.1) is 11.3 Å². The molecule has 1 aromatic heterocycles. The summed E-state index contributed by atoms with van der Waals surface area (Å²) in [4.78, 5) is 13.5. The fourth-order valence-corrected chi connectivity index (χ4v) is 5.03. The topological polar surface area (TPSA) is 94.2 Å². The Morgan fingerprint density at radius 3 is 2.07 bits per heavy atom. The van der Waals surface area contributed by atoms with Gasteiger partial charge in [-0.3, -0.25) is 4.79 Å².